The van der Waals surface area contributed by atoms with Gasteiger partial charge in [0.05, 0.1) is 5.69 Å². The van der Waals surface area contributed by atoms with Crippen molar-refractivity contribution in [2.24, 2.45) is 0 Å². The van der Waals surface area contributed by atoms with Crippen LogP contribution in [-0.4, -0.2) is 29.2 Å². The molecule has 0 bridgehead atoms. The van der Waals surface area contributed by atoms with E-state index in [-0.39, 0.29) is 5.91 Å². The van der Waals surface area contributed by atoms with Gasteiger partial charge >= 0.3 is 0 Å². The van der Waals surface area contributed by atoms with Crippen LogP contribution >= 0.6 is 0 Å². The van der Waals surface area contributed by atoms with Crippen LogP contribution in [0.15, 0.2) is 54.6 Å². The predicted molar refractivity (Wildman–Crippen MR) is 113 cm³/mol. The third-order valence-electron chi connectivity index (χ3n) is 5.27. The van der Waals surface area contributed by atoms with E-state index >= 15 is 0 Å². The molecule has 1 N–H and O–H groups in total. The first kappa shape index (κ1) is 18.2. The van der Waals surface area contributed by atoms with Crippen LogP contribution < -0.4 is 10.2 Å². The Balaban J connectivity index is 1.52. The molecular formula is C23H24N4O. The fourth-order valence-electron chi connectivity index (χ4n) is 3.44. The summed E-state index contributed by atoms with van der Waals surface area (Å²) in [6, 6.07) is 17.4. The molecule has 0 atom stereocenters. The van der Waals surface area contributed by atoms with Gasteiger partial charge in [-0.05, 0) is 74.2 Å². The first-order valence-corrected chi connectivity index (χ1v) is 9.68. The molecular weight excluding hydrogens is 348 g/mol. The van der Waals surface area contributed by atoms with Crippen molar-refractivity contribution in [3.05, 3.63) is 71.3 Å². The maximum Gasteiger partial charge on any atom is 0.255 e. The molecule has 0 spiro atoms. The lowest BCUT2D eigenvalue weighted by molar-refractivity contribution is 0.102. The predicted octanol–water partition coefficient (Wildman–Crippen LogP) is 4.61. The van der Waals surface area contributed by atoms with E-state index in [0.29, 0.717) is 5.56 Å². The van der Waals surface area contributed by atoms with Gasteiger partial charge in [0.1, 0.15) is 0 Å². The molecule has 4 rings (SSSR count). The second-order valence-corrected chi connectivity index (χ2v) is 7.30. The summed E-state index contributed by atoms with van der Waals surface area (Å²) >= 11 is 0. The molecule has 142 valence electrons. The number of nitrogens with zero attached hydrogens (tertiary/aromatic N) is 3. The van der Waals surface area contributed by atoms with Gasteiger partial charge in [-0.1, -0.05) is 18.2 Å². The molecule has 5 nitrogen and oxygen atoms in total. The van der Waals surface area contributed by atoms with Crippen LogP contribution in [0.5, 0.6) is 0 Å². The largest absolute Gasteiger partial charge is 0.355 e. The molecule has 1 aliphatic rings. The highest BCUT2D eigenvalue weighted by molar-refractivity contribution is 6.05. The molecule has 0 radical (unpaired) electrons. The van der Waals surface area contributed by atoms with Crippen molar-refractivity contribution in [2.45, 2.75) is 26.7 Å². The number of aromatic nitrogens is 2. The Morgan fingerprint density at radius 3 is 2.46 bits per heavy atom. The number of benzene rings is 2. The highest BCUT2D eigenvalue weighted by Crippen LogP contribution is 2.22. The molecule has 3 aromatic rings. The number of carbonyl (C=O) groups is 1. The summed E-state index contributed by atoms with van der Waals surface area (Å²) in [5.74, 6) is 0.789. The van der Waals surface area contributed by atoms with Gasteiger partial charge in [-0.3, -0.25) is 4.79 Å². The van der Waals surface area contributed by atoms with Gasteiger partial charge in [0.2, 0.25) is 0 Å². The smallest absolute Gasteiger partial charge is 0.255 e. The van der Waals surface area contributed by atoms with Crippen molar-refractivity contribution in [3.8, 4) is 11.3 Å². The van der Waals surface area contributed by atoms with Crippen LogP contribution in [0.25, 0.3) is 11.3 Å². The third-order valence-corrected chi connectivity index (χ3v) is 5.27. The van der Waals surface area contributed by atoms with Crippen LogP contribution in [-0.2, 0) is 0 Å². The topological polar surface area (TPSA) is 58.1 Å². The van der Waals surface area contributed by atoms with Gasteiger partial charge in [0, 0.05) is 29.9 Å². The molecule has 2 heterocycles. The van der Waals surface area contributed by atoms with Gasteiger partial charge in [-0.15, -0.1) is 10.2 Å². The third kappa shape index (κ3) is 3.88. The van der Waals surface area contributed by atoms with Gasteiger partial charge in [-0.2, -0.15) is 0 Å². The zero-order chi connectivity index (χ0) is 19.5. The van der Waals surface area contributed by atoms with Crippen LogP contribution in [0.2, 0.25) is 0 Å². The Morgan fingerprint density at radius 1 is 0.929 bits per heavy atom. The quantitative estimate of drug-likeness (QED) is 0.726. The second-order valence-electron chi connectivity index (χ2n) is 7.30. The standard InChI is InChI=1S/C23H24N4O/c1-16-8-9-20(14-17(16)2)24-23(28)19-7-5-6-18(15-19)21-10-11-22(26-25-21)27-12-3-4-13-27/h5-11,14-15H,3-4,12-13H2,1-2H3,(H,24,28). The fourth-order valence-corrected chi connectivity index (χ4v) is 3.44. The number of amides is 1. The molecule has 1 aliphatic heterocycles. The minimum absolute atomic E-state index is 0.133. The van der Waals surface area contributed by atoms with Crippen molar-refractivity contribution in [1.82, 2.24) is 10.2 Å². The summed E-state index contributed by atoms with van der Waals surface area (Å²) in [4.78, 5) is 14.9. The van der Waals surface area contributed by atoms with Crippen LogP contribution in [0, 0.1) is 13.8 Å². The number of aryl methyl sites for hydroxylation is 2. The summed E-state index contributed by atoms with van der Waals surface area (Å²) in [6.07, 6.45) is 2.42. The highest BCUT2D eigenvalue weighted by atomic mass is 16.1. The Bertz CT molecular complexity index is 992. The molecule has 0 aliphatic carbocycles. The molecule has 1 amide bonds. The normalized spacial score (nSPS) is 13.6. The summed E-state index contributed by atoms with van der Waals surface area (Å²) in [6.45, 7) is 6.18. The van der Waals surface area contributed by atoms with Crippen molar-refractivity contribution >= 4 is 17.4 Å². The van der Waals surface area contributed by atoms with Crippen molar-refractivity contribution in [2.75, 3.05) is 23.3 Å². The number of hydrogen-bond acceptors (Lipinski definition) is 4. The average molecular weight is 372 g/mol. The van der Waals surface area contributed by atoms with Crippen LogP contribution in [0.1, 0.15) is 34.3 Å². The molecule has 0 unspecified atom stereocenters. The lowest BCUT2D eigenvalue weighted by Gasteiger charge is -2.15. The van der Waals surface area contributed by atoms with Gasteiger partial charge < -0.3 is 10.2 Å². The summed E-state index contributed by atoms with van der Waals surface area (Å²) in [5, 5.41) is 11.7. The van der Waals surface area contributed by atoms with E-state index in [0.717, 1.165) is 41.4 Å². The Kier molecular flexibility index (Phi) is 5.06. The Hall–Kier alpha value is -3.21. The molecule has 5 heteroatoms. The van der Waals surface area contributed by atoms with E-state index in [4.69, 9.17) is 0 Å². The summed E-state index contributed by atoms with van der Waals surface area (Å²) in [7, 11) is 0. The highest BCUT2D eigenvalue weighted by Gasteiger charge is 2.14. The average Bonchev–Trinajstić information content (AvgIpc) is 3.26. The van der Waals surface area contributed by atoms with Crippen molar-refractivity contribution in [1.29, 1.82) is 0 Å². The number of nitrogens with one attached hydrogen (secondary N) is 1. The van der Waals surface area contributed by atoms with E-state index in [2.05, 4.69) is 27.3 Å². The molecule has 0 saturated carbocycles. The lowest BCUT2D eigenvalue weighted by atomic mass is 10.1. The lowest BCUT2D eigenvalue weighted by Crippen LogP contribution is -2.19. The maximum atomic E-state index is 12.7. The first-order chi connectivity index (χ1) is 13.6. The first-order valence-electron chi connectivity index (χ1n) is 9.68. The number of rotatable bonds is 4. The van der Waals surface area contributed by atoms with Crippen molar-refractivity contribution in [3.63, 3.8) is 0 Å². The minimum atomic E-state index is -0.133. The van der Waals surface area contributed by atoms with E-state index < -0.39 is 0 Å². The van der Waals surface area contributed by atoms with Gasteiger partial charge in [-0.25, -0.2) is 0 Å². The van der Waals surface area contributed by atoms with E-state index in [1.165, 1.54) is 18.4 Å². The molecule has 1 saturated heterocycles. The minimum Gasteiger partial charge on any atom is -0.355 e. The monoisotopic (exact) mass is 372 g/mol. The maximum absolute atomic E-state index is 12.7. The fraction of sp³-hybridized carbons (Fsp3) is 0.261. The van der Waals surface area contributed by atoms with Crippen LogP contribution in [0.4, 0.5) is 11.5 Å². The van der Waals surface area contributed by atoms with E-state index in [1.54, 1.807) is 0 Å². The molecule has 2 aromatic carbocycles. The Labute approximate surface area is 165 Å². The zero-order valence-corrected chi connectivity index (χ0v) is 16.3. The summed E-state index contributed by atoms with van der Waals surface area (Å²) < 4.78 is 0. The SMILES string of the molecule is Cc1ccc(NC(=O)c2cccc(-c3ccc(N4CCCC4)nn3)c2)cc1C. The summed E-state index contributed by atoms with van der Waals surface area (Å²) in [5.41, 5.74) is 5.40. The van der Waals surface area contributed by atoms with Gasteiger partial charge in [0.25, 0.3) is 5.91 Å². The molecule has 1 aromatic heterocycles. The molecule has 1 fully saturated rings. The van der Waals surface area contributed by atoms with Crippen LogP contribution in [0.3, 0.4) is 0 Å². The Morgan fingerprint density at radius 2 is 1.75 bits per heavy atom. The van der Waals surface area contributed by atoms with Crippen molar-refractivity contribution < 1.29 is 4.79 Å². The van der Waals surface area contributed by atoms with E-state index in [1.807, 2.05) is 61.5 Å². The number of hydrogen-bond donors (Lipinski definition) is 1. The van der Waals surface area contributed by atoms with Gasteiger partial charge in [0.15, 0.2) is 5.82 Å². The number of carbonyl (C=O) groups excluding carboxylic acids is 1. The molecule has 28 heavy (non-hydrogen) atoms. The zero-order valence-electron chi connectivity index (χ0n) is 16.3. The second kappa shape index (κ2) is 7.80. The number of anilines is 2. The van der Waals surface area contributed by atoms with E-state index in [9.17, 15) is 4.79 Å².